The smallest absolute Gasteiger partial charge is 0.227 e. The Morgan fingerprint density at radius 2 is 1.92 bits per heavy atom. The van der Waals surface area contributed by atoms with E-state index >= 15 is 0 Å². The van der Waals surface area contributed by atoms with Gasteiger partial charge in [-0.3, -0.25) is 4.79 Å². The maximum atomic E-state index is 13.9. The lowest BCUT2D eigenvalue weighted by Gasteiger charge is -2.23. The van der Waals surface area contributed by atoms with Crippen molar-refractivity contribution in [2.75, 3.05) is 26.2 Å². The summed E-state index contributed by atoms with van der Waals surface area (Å²) in [5.41, 5.74) is 2.58. The number of nitrogens with zero attached hydrogens (tertiary/aromatic N) is 1. The normalized spacial score (nSPS) is 18.2. The zero-order chi connectivity index (χ0) is 17.6. The van der Waals surface area contributed by atoms with Gasteiger partial charge >= 0.3 is 0 Å². The van der Waals surface area contributed by atoms with Crippen LogP contribution in [0.5, 0.6) is 0 Å². The molecule has 1 aliphatic rings. The number of hydrogen-bond acceptors (Lipinski definition) is 2. The summed E-state index contributed by atoms with van der Waals surface area (Å²) in [4.78, 5) is 14.7. The Balaban J connectivity index is 1.72. The van der Waals surface area contributed by atoms with Gasteiger partial charge < -0.3 is 10.2 Å². The fraction of sp³-hybridized carbons (Fsp3) is 0.381. The van der Waals surface area contributed by atoms with E-state index in [2.05, 4.69) is 12.2 Å². The van der Waals surface area contributed by atoms with E-state index in [1.165, 1.54) is 6.07 Å². The minimum absolute atomic E-state index is 0.0339. The maximum Gasteiger partial charge on any atom is 0.227 e. The zero-order valence-corrected chi connectivity index (χ0v) is 14.7. The van der Waals surface area contributed by atoms with Crippen LogP contribution in [0.2, 0.25) is 0 Å². The molecule has 3 nitrogen and oxygen atoms in total. The molecule has 2 aromatic carbocycles. The molecule has 1 N–H and O–H groups in total. The Labute approximate surface area is 148 Å². The summed E-state index contributed by atoms with van der Waals surface area (Å²) in [6.45, 7) is 5.28. The van der Waals surface area contributed by atoms with E-state index in [9.17, 15) is 9.18 Å². The topological polar surface area (TPSA) is 32.3 Å². The van der Waals surface area contributed by atoms with Gasteiger partial charge in [0.15, 0.2) is 0 Å². The van der Waals surface area contributed by atoms with Crippen molar-refractivity contribution in [3.8, 4) is 11.1 Å². The van der Waals surface area contributed by atoms with Gasteiger partial charge in [-0.2, -0.15) is 0 Å². The van der Waals surface area contributed by atoms with Crippen LogP contribution in [-0.4, -0.2) is 37.0 Å². The van der Waals surface area contributed by atoms with Gasteiger partial charge in [0.2, 0.25) is 5.91 Å². The molecular weight excluding hydrogens is 315 g/mol. The average molecular weight is 340 g/mol. The van der Waals surface area contributed by atoms with Gasteiger partial charge in [-0.05, 0) is 30.0 Å². The highest BCUT2D eigenvalue weighted by Gasteiger charge is 2.26. The van der Waals surface area contributed by atoms with Crippen molar-refractivity contribution >= 4 is 5.91 Å². The highest BCUT2D eigenvalue weighted by molar-refractivity contribution is 5.79. The first-order chi connectivity index (χ1) is 12.2. The van der Waals surface area contributed by atoms with Gasteiger partial charge in [0, 0.05) is 31.7 Å². The molecule has 1 amide bonds. The Bertz CT molecular complexity index is 714. The predicted octanol–water partition coefficient (Wildman–Crippen LogP) is 3.49. The molecule has 1 saturated heterocycles. The molecule has 0 aliphatic carbocycles. The molecule has 1 fully saturated rings. The van der Waals surface area contributed by atoms with Crippen molar-refractivity contribution in [3.05, 3.63) is 59.9 Å². The number of hydrogen-bond donors (Lipinski definition) is 1. The van der Waals surface area contributed by atoms with Gasteiger partial charge in [0.05, 0.1) is 5.92 Å². The van der Waals surface area contributed by atoms with Crippen LogP contribution in [0, 0.1) is 11.7 Å². The van der Waals surface area contributed by atoms with Crippen molar-refractivity contribution in [1.29, 1.82) is 0 Å². The first-order valence-corrected chi connectivity index (χ1v) is 9.02. The molecule has 1 aliphatic heterocycles. The largest absolute Gasteiger partial charge is 0.341 e. The van der Waals surface area contributed by atoms with Gasteiger partial charge in [0.1, 0.15) is 5.82 Å². The third kappa shape index (κ3) is 4.26. The Hall–Kier alpha value is -2.20. The van der Waals surface area contributed by atoms with E-state index in [1.54, 1.807) is 12.1 Å². The Morgan fingerprint density at radius 1 is 1.16 bits per heavy atom. The van der Waals surface area contributed by atoms with Crippen molar-refractivity contribution in [2.45, 2.75) is 19.8 Å². The van der Waals surface area contributed by atoms with Gasteiger partial charge in [-0.15, -0.1) is 0 Å². The molecule has 2 aromatic rings. The number of benzene rings is 2. The minimum atomic E-state index is -0.214. The first kappa shape index (κ1) is 17.6. The van der Waals surface area contributed by atoms with E-state index in [1.807, 2.05) is 35.2 Å². The van der Waals surface area contributed by atoms with E-state index < -0.39 is 0 Å². The first-order valence-electron chi connectivity index (χ1n) is 9.02. The molecule has 0 radical (unpaired) electrons. The molecule has 4 heteroatoms. The summed E-state index contributed by atoms with van der Waals surface area (Å²) in [7, 11) is 0. The average Bonchev–Trinajstić information content (AvgIpc) is 2.79. The number of rotatable bonds is 5. The highest BCUT2D eigenvalue weighted by atomic mass is 19.1. The van der Waals surface area contributed by atoms with Crippen LogP contribution in [0.3, 0.4) is 0 Å². The second-order valence-electron chi connectivity index (χ2n) is 6.61. The van der Waals surface area contributed by atoms with Crippen molar-refractivity contribution in [2.24, 2.45) is 5.92 Å². The molecular formula is C21H25FN2O. The quantitative estimate of drug-likeness (QED) is 0.904. The van der Waals surface area contributed by atoms with Crippen LogP contribution in [0.15, 0.2) is 48.5 Å². The summed E-state index contributed by atoms with van der Waals surface area (Å²) >= 11 is 0. The van der Waals surface area contributed by atoms with Crippen LogP contribution in [0.1, 0.15) is 18.9 Å². The van der Waals surface area contributed by atoms with E-state index in [4.69, 9.17) is 0 Å². The Morgan fingerprint density at radius 3 is 2.64 bits per heavy atom. The number of nitrogens with one attached hydrogen (secondary N) is 1. The minimum Gasteiger partial charge on any atom is -0.341 e. The van der Waals surface area contributed by atoms with Crippen molar-refractivity contribution in [3.63, 3.8) is 0 Å². The number of halogens is 1. The second kappa shape index (κ2) is 8.26. The molecule has 1 unspecified atom stereocenters. The summed E-state index contributed by atoms with van der Waals surface area (Å²) in [5, 5.41) is 3.37. The van der Waals surface area contributed by atoms with E-state index in [0.29, 0.717) is 18.5 Å². The third-order valence-electron chi connectivity index (χ3n) is 4.72. The molecule has 0 aromatic heterocycles. The lowest BCUT2D eigenvalue weighted by molar-refractivity contribution is -0.134. The molecule has 1 atom stereocenters. The van der Waals surface area contributed by atoms with Crippen LogP contribution in [0.4, 0.5) is 4.39 Å². The van der Waals surface area contributed by atoms with Crippen LogP contribution in [-0.2, 0) is 11.2 Å². The second-order valence-corrected chi connectivity index (χ2v) is 6.61. The van der Waals surface area contributed by atoms with Gasteiger partial charge in [-0.1, -0.05) is 49.4 Å². The molecule has 0 bridgehead atoms. The number of carbonyl (C=O) groups is 1. The standard InChI is InChI=1S/C21H25FN2O/c1-2-12-24-13-11-23-15-18(21(24)25)14-16-7-9-17(10-8-16)19-5-3-4-6-20(19)22/h3-10,18,23H,2,11-15H2,1H3. The molecule has 3 rings (SSSR count). The van der Waals surface area contributed by atoms with Crippen LogP contribution >= 0.6 is 0 Å². The molecule has 132 valence electrons. The van der Waals surface area contributed by atoms with Crippen molar-refractivity contribution in [1.82, 2.24) is 10.2 Å². The lowest BCUT2D eigenvalue weighted by atomic mass is 9.96. The van der Waals surface area contributed by atoms with Crippen LogP contribution in [0.25, 0.3) is 11.1 Å². The van der Waals surface area contributed by atoms with Gasteiger partial charge in [0.25, 0.3) is 0 Å². The van der Waals surface area contributed by atoms with Gasteiger partial charge in [-0.25, -0.2) is 4.39 Å². The fourth-order valence-corrected chi connectivity index (χ4v) is 3.40. The SMILES string of the molecule is CCCN1CCNCC(Cc2ccc(-c3ccccc3F)cc2)C1=O. The summed E-state index contributed by atoms with van der Waals surface area (Å²) < 4.78 is 13.9. The van der Waals surface area contributed by atoms with E-state index in [-0.39, 0.29) is 17.6 Å². The molecule has 0 saturated carbocycles. The fourth-order valence-electron chi connectivity index (χ4n) is 3.40. The summed E-state index contributed by atoms with van der Waals surface area (Å²) in [6.07, 6.45) is 1.69. The Kier molecular flexibility index (Phi) is 5.82. The lowest BCUT2D eigenvalue weighted by Crippen LogP contribution is -2.37. The molecule has 1 heterocycles. The van der Waals surface area contributed by atoms with E-state index in [0.717, 1.165) is 37.2 Å². The zero-order valence-electron chi connectivity index (χ0n) is 14.7. The highest BCUT2D eigenvalue weighted by Crippen LogP contribution is 2.24. The van der Waals surface area contributed by atoms with Crippen molar-refractivity contribution < 1.29 is 9.18 Å². The third-order valence-corrected chi connectivity index (χ3v) is 4.72. The predicted molar refractivity (Wildman–Crippen MR) is 98.8 cm³/mol. The summed E-state index contributed by atoms with van der Waals surface area (Å²) in [6, 6.07) is 14.7. The summed E-state index contributed by atoms with van der Waals surface area (Å²) in [5.74, 6) is -0.00741. The van der Waals surface area contributed by atoms with Crippen LogP contribution < -0.4 is 5.32 Å². The maximum absolute atomic E-state index is 13.9. The number of carbonyl (C=O) groups excluding carboxylic acids is 1. The molecule has 25 heavy (non-hydrogen) atoms. The monoisotopic (exact) mass is 340 g/mol. The molecule has 0 spiro atoms. The number of amides is 1.